The van der Waals surface area contributed by atoms with Crippen molar-refractivity contribution in [3.63, 3.8) is 0 Å². The number of benzene rings is 2. The van der Waals surface area contributed by atoms with Crippen LogP contribution in [0.2, 0.25) is 18.6 Å². The van der Waals surface area contributed by atoms with Crippen molar-refractivity contribution in [2.24, 2.45) is 0 Å². The van der Waals surface area contributed by atoms with E-state index in [0.29, 0.717) is 9.76 Å². The van der Waals surface area contributed by atoms with Crippen molar-refractivity contribution in [1.29, 1.82) is 0 Å². The first kappa shape index (κ1) is 22.4. The Balaban J connectivity index is 1.34. The van der Waals surface area contributed by atoms with Gasteiger partial charge < -0.3 is 13.4 Å². The van der Waals surface area contributed by atoms with Crippen LogP contribution in [0.1, 0.15) is 49.3 Å². The van der Waals surface area contributed by atoms with Gasteiger partial charge in [0.25, 0.3) is 8.48 Å². The molecule has 1 atom stereocenters. The third-order valence-electron chi connectivity index (χ3n) is 6.04. The fourth-order valence-electron chi connectivity index (χ4n) is 4.15. The van der Waals surface area contributed by atoms with Gasteiger partial charge in [-0.3, -0.25) is 0 Å². The first-order valence-electron chi connectivity index (χ1n) is 11.0. The molecule has 3 rings (SSSR count). The van der Waals surface area contributed by atoms with Crippen LogP contribution < -0.4 is 0 Å². The number of unbranched alkanes of at least 4 members (excludes halogenated alkanes) is 3. The monoisotopic (exact) mass is 425 g/mol. The zero-order valence-corrected chi connectivity index (χ0v) is 20.0. The summed E-state index contributed by atoms with van der Waals surface area (Å²) in [7, 11) is 0.921. The summed E-state index contributed by atoms with van der Waals surface area (Å²) in [5.41, 5.74) is 2.48. The van der Waals surface area contributed by atoms with E-state index in [2.05, 4.69) is 71.8 Å². The molecule has 3 nitrogen and oxygen atoms in total. The van der Waals surface area contributed by atoms with Gasteiger partial charge in [0.1, 0.15) is 0 Å². The predicted octanol–water partition coefficient (Wildman–Crippen LogP) is 5.81. The molecule has 0 spiro atoms. The summed E-state index contributed by atoms with van der Waals surface area (Å²) in [5, 5.41) is 0. The molecule has 1 unspecified atom stereocenters. The standard InChI is InChI=1S/C24H35NO2Si2/c1-26-29(2)21-13-19-25(29)18-11-3-4-12-20-28-27-24(22-14-7-5-8-15-22)23-16-9-6-10-17-23/h5-10,14-17,24H,3-4,11-13,18-21H2,1-2H3. The maximum absolute atomic E-state index is 6.35. The summed E-state index contributed by atoms with van der Waals surface area (Å²) in [6, 6.07) is 23.6. The van der Waals surface area contributed by atoms with Gasteiger partial charge in [-0.05, 0) is 55.7 Å². The van der Waals surface area contributed by atoms with Crippen molar-refractivity contribution in [2.45, 2.75) is 56.8 Å². The third kappa shape index (κ3) is 6.62. The number of hydrogen-bond donors (Lipinski definition) is 0. The second-order valence-corrected chi connectivity index (χ2v) is 13.0. The van der Waals surface area contributed by atoms with E-state index in [4.69, 9.17) is 8.85 Å². The van der Waals surface area contributed by atoms with Crippen LogP contribution in [-0.4, -0.2) is 43.0 Å². The van der Waals surface area contributed by atoms with Gasteiger partial charge in [0.2, 0.25) is 9.76 Å². The lowest BCUT2D eigenvalue weighted by Crippen LogP contribution is -2.48. The van der Waals surface area contributed by atoms with Gasteiger partial charge in [0, 0.05) is 7.11 Å². The van der Waals surface area contributed by atoms with E-state index < -0.39 is 8.48 Å². The molecular formula is C24H35NO2Si2. The summed E-state index contributed by atoms with van der Waals surface area (Å²) in [5.74, 6) is 0. The van der Waals surface area contributed by atoms with Gasteiger partial charge in [-0.25, -0.2) is 0 Å². The molecule has 5 heteroatoms. The fourth-order valence-corrected chi connectivity index (χ4v) is 7.96. The summed E-state index contributed by atoms with van der Waals surface area (Å²) in [6.45, 7) is 4.83. The van der Waals surface area contributed by atoms with Gasteiger partial charge in [-0.2, -0.15) is 0 Å². The maximum atomic E-state index is 6.35. The molecule has 0 N–H and O–H groups in total. The molecule has 0 aliphatic carbocycles. The maximum Gasteiger partial charge on any atom is 0.267 e. The molecule has 1 aliphatic heterocycles. The average molecular weight is 426 g/mol. The molecule has 2 radical (unpaired) electrons. The molecular weight excluding hydrogens is 390 g/mol. The number of hydrogen-bond acceptors (Lipinski definition) is 3. The van der Waals surface area contributed by atoms with Crippen LogP contribution in [-0.2, 0) is 8.85 Å². The van der Waals surface area contributed by atoms with Crippen molar-refractivity contribution >= 4 is 18.2 Å². The first-order chi connectivity index (χ1) is 14.2. The van der Waals surface area contributed by atoms with Crippen molar-refractivity contribution in [3.8, 4) is 0 Å². The fraction of sp³-hybridized carbons (Fsp3) is 0.500. The molecule has 156 valence electrons. The molecule has 1 fully saturated rings. The van der Waals surface area contributed by atoms with E-state index in [9.17, 15) is 0 Å². The summed E-state index contributed by atoms with van der Waals surface area (Å²) in [4.78, 5) is 0. The van der Waals surface area contributed by atoms with Crippen LogP contribution in [0.4, 0.5) is 0 Å². The highest BCUT2D eigenvalue weighted by Crippen LogP contribution is 2.27. The first-order valence-corrected chi connectivity index (χ1v) is 14.7. The Bertz CT molecular complexity index is 661. The van der Waals surface area contributed by atoms with Gasteiger partial charge >= 0.3 is 0 Å². The topological polar surface area (TPSA) is 21.7 Å². The Morgan fingerprint density at radius 1 is 0.931 bits per heavy atom. The van der Waals surface area contributed by atoms with Crippen molar-refractivity contribution in [3.05, 3.63) is 71.8 Å². The highest BCUT2D eigenvalue weighted by atomic mass is 28.4. The molecule has 1 aliphatic rings. The zero-order valence-electron chi connectivity index (χ0n) is 18.0. The molecule has 29 heavy (non-hydrogen) atoms. The highest BCUT2D eigenvalue weighted by molar-refractivity contribution is 6.70. The smallest absolute Gasteiger partial charge is 0.267 e. The van der Waals surface area contributed by atoms with Gasteiger partial charge in [-0.1, -0.05) is 79.9 Å². The van der Waals surface area contributed by atoms with E-state index in [1.165, 1.54) is 62.4 Å². The van der Waals surface area contributed by atoms with Crippen LogP contribution in [0, 0.1) is 0 Å². The average Bonchev–Trinajstić information content (AvgIpc) is 3.15. The Kier molecular flexibility index (Phi) is 9.14. The van der Waals surface area contributed by atoms with Crippen LogP contribution in [0.15, 0.2) is 60.7 Å². The molecule has 1 heterocycles. The number of rotatable bonds is 12. The number of nitrogens with zero attached hydrogens (tertiary/aromatic N) is 1. The molecule has 0 amide bonds. The molecule has 2 aromatic carbocycles. The Morgan fingerprint density at radius 3 is 2.17 bits per heavy atom. The van der Waals surface area contributed by atoms with E-state index in [1.807, 2.05) is 7.11 Å². The lowest BCUT2D eigenvalue weighted by molar-refractivity contribution is 0.260. The minimum absolute atomic E-state index is 0.0441. The van der Waals surface area contributed by atoms with Crippen molar-refractivity contribution < 1.29 is 8.85 Å². The van der Waals surface area contributed by atoms with Crippen LogP contribution in [0.5, 0.6) is 0 Å². The SMILES string of the molecule is CO[Si]1(C)CCCN1CCCCCC[Si]OC(c1ccccc1)c1ccccc1. The van der Waals surface area contributed by atoms with E-state index in [0.717, 1.165) is 6.04 Å². The second kappa shape index (κ2) is 11.8. The van der Waals surface area contributed by atoms with Crippen molar-refractivity contribution in [2.75, 3.05) is 20.2 Å². The highest BCUT2D eigenvalue weighted by Gasteiger charge is 2.39. The quantitative estimate of drug-likeness (QED) is 0.316. The molecule has 0 aromatic heterocycles. The molecule has 1 saturated heterocycles. The second-order valence-electron chi connectivity index (χ2n) is 8.10. The zero-order chi connectivity index (χ0) is 20.4. The Hall–Kier alpha value is -1.25. The van der Waals surface area contributed by atoms with Gasteiger partial charge in [0.05, 0.1) is 6.10 Å². The van der Waals surface area contributed by atoms with Crippen LogP contribution in [0.25, 0.3) is 0 Å². The largest absolute Gasteiger partial charge is 0.407 e. The lowest BCUT2D eigenvalue weighted by Gasteiger charge is -2.31. The minimum atomic E-state index is -1.53. The van der Waals surface area contributed by atoms with E-state index in [-0.39, 0.29) is 6.10 Å². The van der Waals surface area contributed by atoms with E-state index >= 15 is 0 Å². The van der Waals surface area contributed by atoms with Crippen molar-refractivity contribution in [1.82, 2.24) is 4.57 Å². The molecule has 0 saturated carbocycles. The summed E-state index contributed by atoms with van der Waals surface area (Å²) in [6.07, 6.45) is 6.54. The Morgan fingerprint density at radius 2 is 1.55 bits per heavy atom. The molecule has 2 aromatic rings. The molecule has 0 bridgehead atoms. The van der Waals surface area contributed by atoms with E-state index in [1.54, 1.807) is 0 Å². The summed E-state index contributed by atoms with van der Waals surface area (Å²) < 4.78 is 14.9. The predicted molar refractivity (Wildman–Crippen MR) is 124 cm³/mol. The Labute approximate surface area is 180 Å². The van der Waals surface area contributed by atoms with Gasteiger partial charge in [-0.15, -0.1) is 0 Å². The third-order valence-corrected chi connectivity index (χ3v) is 10.9. The van der Waals surface area contributed by atoms with Crippen LogP contribution in [0.3, 0.4) is 0 Å². The summed E-state index contributed by atoms with van der Waals surface area (Å²) >= 11 is 0. The minimum Gasteiger partial charge on any atom is -0.407 e. The van der Waals surface area contributed by atoms with Gasteiger partial charge in [0.15, 0.2) is 0 Å². The van der Waals surface area contributed by atoms with Crippen LogP contribution >= 0.6 is 0 Å². The lowest BCUT2D eigenvalue weighted by atomic mass is 10.0. The normalized spacial score (nSPS) is 19.8.